The maximum absolute atomic E-state index is 11.8. The van der Waals surface area contributed by atoms with Crippen LogP contribution in [0.15, 0.2) is 60.7 Å². The summed E-state index contributed by atoms with van der Waals surface area (Å²) >= 11 is 0. The lowest BCUT2D eigenvalue weighted by atomic mass is 10.0. The van der Waals surface area contributed by atoms with Gasteiger partial charge in [0.1, 0.15) is 0 Å². The van der Waals surface area contributed by atoms with Crippen LogP contribution in [0.1, 0.15) is 24.8 Å². The zero-order valence-corrected chi connectivity index (χ0v) is 13.8. The molecule has 24 heavy (non-hydrogen) atoms. The molecule has 0 saturated heterocycles. The molecule has 0 bridgehead atoms. The van der Waals surface area contributed by atoms with Crippen LogP contribution in [0, 0.1) is 0 Å². The van der Waals surface area contributed by atoms with Crippen molar-refractivity contribution in [2.75, 3.05) is 18.4 Å². The van der Waals surface area contributed by atoms with E-state index in [1.54, 1.807) is 12.1 Å². The van der Waals surface area contributed by atoms with E-state index in [4.69, 9.17) is 0 Å². The minimum Gasteiger partial charge on any atom is -0.355 e. The Hall–Kier alpha value is -2.82. The maximum atomic E-state index is 11.8. The molecule has 2 aromatic rings. The average molecular weight is 325 g/mol. The van der Waals surface area contributed by atoms with E-state index < -0.39 is 0 Å². The highest BCUT2D eigenvalue weighted by atomic mass is 16.2. The summed E-state index contributed by atoms with van der Waals surface area (Å²) in [5, 5.41) is 8.27. The molecule has 0 aliphatic rings. The van der Waals surface area contributed by atoms with Gasteiger partial charge in [-0.1, -0.05) is 55.5 Å². The number of hydrogen-bond donors (Lipinski definition) is 3. The van der Waals surface area contributed by atoms with Crippen molar-refractivity contribution in [1.82, 2.24) is 10.6 Å². The van der Waals surface area contributed by atoms with Gasteiger partial charge in [0.25, 0.3) is 0 Å². The number of carbonyl (C=O) groups excluding carboxylic acids is 2. The van der Waals surface area contributed by atoms with E-state index in [1.807, 2.05) is 48.5 Å². The number of hydrogen-bond acceptors (Lipinski definition) is 2. The van der Waals surface area contributed by atoms with E-state index in [1.165, 1.54) is 5.56 Å². The third-order valence-corrected chi connectivity index (χ3v) is 3.64. The van der Waals surface area contributed by atoms with Crippen molar-refractivity contribution < 1.29 is 9.59 Å². The lowest BCUT2D eigenvalue weighted by Crippen LogP contribution is -2.34. The van der Waals surface area contributed by atoms with Gasteiger partial charge >= 0.3 is 6.03 Å². The molecule has 0 aliphatic carbocycles. The SMILES string of the molecule is C[C@@H](CNC(=O)CCNC(=O)Nc1ccccc1)c1ccccc1. The molecule has 2 rings (SSSR count). The van der Waals surface area contributed by atoms with Gasteiger partial charge in [-0.25, -0.2) is 4.79 Å². The number of benzene rings is 2. The van der Waals surface area contributed by atoms with Crippen molar-refractivity contribution in [2.45, 2.75) is 19.3 Å². The molecule has 0 saturated carbocycles. The monoisotopic (exact) mass is 325 g/mol. The van der Waals surface area contributed by atoms with E-state index in [9.17, 15) is 9.59 Å². The van der Waals surface area contributed by atoms with Crippen molar-refractivity contribution in [1.29, 1.82) is 0 Å². The van der Waals surface area contributed by atoms with Crippen molar-refractivity contribution in [3.8, 4) is 0 Å². The summed E-state index contributed by atoms with van der Waals surface area (Å²) in [4.78, 5) is 23.5. The van der Waals surface area contributed by atoms with E-state index in [0.29, 0.717) is 13.1 Å². The van der Waals surface area contributed by atoms with Gasteiger partial charge in [-0.05, 0) is 23.6 Å². The zero-order valence-electron chi connectivity index (χ0n) is 13.8. The van der Waals surface area contributed by atoms with Crippen molar-refractivity contribution in [2.24, 2.45) is 0 Å². The second kappa shape index (κ2) is 9.35. The number of para-hydroxylation sites is 1. The summed E-state index contributed by atoms with van der Waals surface area (Å²) in [5.74, 6) is 0.183. The molecule has 1 atom stereocenters. The predicted molar refractivity (Wildman–Crippen MR) is 95.9 cm³/mol. The van der Waals surface area contributed by atoms with Gasteiger partial charge in [-0.3, -0.25) is 4.79 Å². The van der Waals surface area contributed by atoms with Crippen molar-refractivity contribution >= 4 is 17.6 Å². The maximum Gasteiger partial charge on any atom is 0.319 e. The summed E-state index contributed by atoms with van der Waals surface area (Å²) in [6.45, 7) is 2.95. The van der Waals surface area contributed by atoms with Crippen LogP contribution in [0.5, 0.6) is 0 Å². The molecule has 2 aromatic carbocycles. The number of carbonyl (C=O) groups is 2. The van der Waals surface area contributed by atoms with Crippen molar-refractivity contribution in [3.63, 3.8) is 0 Å². The average Bonchev–Trinajstić information content (AvgIpc) is 2.61. The number of urea groups is 1. The molecule has 0 fully saturated rings. The first-order valence-corrected chi connectivity index (χ1v) is 8.06. The summed E-state index contributed by atoms with van der Waals surface area (Å²) < 4.78 is 0. The first-order chi connectivity index (χ1) is 11.6. The van der Waals surface area contributed by atoms with E-state index in [2.05, 4.69) is 22.9 Å². The Morgan fingerprint density at radius 2 is 1.54 bits per heavy atom. The molecule has 0 aromatic heterocycles. The van der Waals surface area contributed by atoms with E-state index >= 15 is 0 Å². The van der Waals surface area contributed by atoms with Gasteiger partial charge in [0.2, 0.25) is 5.91 Å². The molecule has 5 heteroatoms. The Morgan fingerprint density at radius 3 is 2.21 bits per heavy atom. The number of amides is 3. The zero-order chi connectivity index (χ0) is 17.2. The molecule has 3 amide bonds. The fraction of sp³-hybridized carbons (Fsp3) is 0.263. The molecule has 0 aliphatic heterocycles. The van der Waals surface area contributed by atoms with E-state index in [0.717, 1.165) is 5.69 Å². The molecular weight excluding hydrogens is 302 g/mol. The number of anilines is 1. The Morgan fingerprint density at radius 1 is 0.917 bits per heavy atom. The van der Waals surface area contributed by atoms with Gasteiger partial charge in [0.15, 0.2) is 0 Å². The van der Waals surface area contributed by atoms with Gasteiger partial charge in [0.05, 0.1) is 0 Å². The molecule has 126 valence electrons. The normalized spacial score (nSPS) is 11.4. The summed E-state index contributed by atoms with van der Waals surface area (Å²) in [7, 11) is 0. The summed E-state index contributed by atoms with van der Waals surface area (Å²) in [6, 6.07) is 18.9. The smallest absolute Gasteiger partial charge is 0.319 e. The van der Waals surface area contributed by atoms with Gasteiger partial charge in [-0.2, -0.15) is 0 Å². The lowest BCUT2D eigenvalue weighted by Gasteiger charge is -2.13. The Bertz CT molecular complexity index is 644. The van der Waals surface area contributed by atoms with Gasteiger partial charge in [-0.15, -0.1) is 0 Å². The van der Waals surface area contributed by atoms with Crippen molar-refractivity contribution in [3.05, 3.63) is 66.2 Å². The Balaban J connectivity index is 1.62. The van der Waals surface area contributed by atoms with Crippen LogP contribution in [0.2, 0.25) is 0 Å². The molecule has 0 radical (unpaired) electrons. The topological polar surface area (TPSA) is 70.2 Å². The fourth-order valence-corrected chi connectivity index (χ4v) is 2.24. The quantitative estimate of drug-likeness (QED) is 0.732. The van der Waals surface area contributed by atoms with E-state index in [-0.39, 0.29) is 24.3 Å². The van der Waals surface area contributed by atoms with Crippen LogP contribution in [-0.4, -0.2) is 25.0 Å². The molecule has 0 spiro atoms. The van der Waals surface area contributed by atoms with Gasteiger partial charge in [0, 0.05) is 25.2 Å². The molecule has 3 N–H and O–H groups in total. The highest BCUT2D eigenvalue weighted by Gasteiger charge is 2.08. The molecule has 0 unspecified atom stereocenters. The minimum atomic E-state index is -0.313. The van der Waals surface area contributed by atoms with Gasteiger partial charge < -0.3 is 16.0 Å². The Kier molecular flexibility index (Phi) is 6.83. The molecule has 5 nitrogen and oxygen atoms in total. The van der Waals surface area contributed by atoms with Crippen LogP contribution >= 0.6 is 0 Å². The van der Waals surface area contributed by atoms with Crippen LogP contribution in [-0.2, 0) is 4.79 Å². The number of rotatable bonds is 7. The van der Waals surface area contributed by atoms with Crippen LogP contribution < -0.4 is 16.0 Å². The highest BCUT2D eigenvalue weighted by molar-refractivity contribution is 5.89. The summed E-state index contributed by atoms with van der Waals surface area (Å²) in [5.41, 5.74) is 1.91. The lowest BCUT2D eigenvalue weighted by molar-refractivity contribution is -0.121. The second-order valence-electron chi connectivity index (χ2n) is 5.61. The second-order valence-corrected chi connectivity index (χ2v) is 5.61. The molecule has 0 heterocycles. The summed E-state index contributed by atoms with van der Waals surface area (Å²) in [6.07, 6.45) is 0.254. The van der Waals surface area contributed by atoms with Crippen LogP contribution in [0.4, 0.5) is 10.5 Å². The first kappa shape index (κ1) is 17.5. The fourth-order valence-electron chi connectivity index (χ4n) is 2.24. The predicted octanol–water partition coefficient (Wildman–Crippen LogP) is 3.12. The number of nitrogens with one attached hydrogen (secondary N) is 3. The third kappa shape index (κ3) is 6.12. The standard InChI is InChI=1S/C19H23N3O2/c1-15(16-8-4-2-5-9-16)14-21-18(23)12-13-20-19(24)22-17-10-6-3-7-11-17/h2-11,15H,12-14H2,1H3,(H,21,23)(H2,20,22,24)/t15-/m0/s1. The molecular formula is C19H23N3O2. The highest BCUT2D eigenvalue weighted by Crippen LogP contribution is 2.12. The largest absolute Gasteiger partial charge is 0.355 e. The Labute approximate surface area is 142 Å². The third-order valence-electron chi connectivity index (χ3n) is 3.64. The minimum absolute atomic E-state index is 0.0715. The first-order valence-electron chi connectivity index (χ1n) is 8.06. The van der Waals surface area contributed by atoms with Crippen LogP contribution in [0.25, 0.3) is 0 Å². The van der Waals surface area contributed by atoms with Crippen LogP contribution in [0.3, 0.4) is 0 Å².